The molecule has 1 aromatic carbocycles. The lowest BCUT2D eigenvalue weighted by molar-refractivity contribution is 0.276. The molecule has 0 saturated carbocycles. The number of hydrogen-bond acceptors (Lipinski definition) is 4. The van der Waals surface area contributed by atoms with Gasteiger partial charge in [0, 0.05) is 18.3 Å². The lowest BCUT2D eigenvalue weighted by Gasteiger charge is -2.08. The number of rotatable bonds is 5. The molecule has 0 amide bonds. The summed E-state index contributed by atoms with van der Waals surface area (Å²) in [7, 11) is 0. The molecule has 1 aromatic heterocycles. The number of pyridine rings is 1. The van der Waals surface area contributed by atoms with E-state index in [9.17, 15) is 0 Å². The maximum absolute atomic E-state index is 9.00. The zero-order valence-corrected chi connectivity index (χ0v) is 10.2. The van der Waals surface area contributed by atoms with Gasteiger partial charge in [0.15, 0.2) is 0 Å². The van der Waals surface area contributed by atoms with E-state index in [0.717, 1.165) is 5.75 Å². The SMILES string of the molecule is CCOc1cccc(Oc2ccnc(CO)c2)c1. The van der Waals surface area contributed by atoms with Gasteiger partial charge in [0.1, 0.15) is 17.2 Å². The van der Waals surface area contributed by atoms with E-state index in [1.54, 1.807) is 18.3 Å². The van der Waals surface area contributed by atoms with Gasteiger partial charge in [0.25, 0.3) is 0 Å². The van der Waals surface area contributed by atoms with Crippen molar-refractivity contribution in [2.75, 3.05) is 6.61 Å². The van der Waals surface area contributed by atoms with Gasteiger partial charge in [0.2, 0.25) is 0 Å². The molecule has 0 bridgehead atoms. The molecule has 2 rings (SSSR count). The topological polar surface area (TPSA) is 51.6 Å². The molecule has 0 saturated heterocycles. The van der Waals surface area contributed by atoms with E-state index in [1.807, 2.05) is 31.2 Å². The predicted octanol–water partition coefficient (Wildman–Crippen LogP) is 2.76. The van der Waals surface area contributed by atoms with E-state index < -0.39 is 0 Å². The van der Waals surface area contributed by atoms with Crippen molar-refractivity contribution in [2.24, 2.45) is 0 Å². The van der Waals surface area contributed by atoms with Gasteiger partial charge in [-0.05, 0) is 25.1 Å². The van der Waals surface area contributed by atoms with Crippen LogP contribution in [0.1, 0.15) is 12.6 Å². The van der Waals surface area contributed by atoms with Gasteiger partial charge in [-0.25, -0.2) is 0 Å². The minimum Gasteiger partial charge on any atom is -0.494 e. The molecule has 4 heteroatoms. The van der Waals surface area contributed by atoms with Gasteiger partial charge in [-0.2, -0.15) is 0 Å². The van der Waals surface area contributed by atoms with Crippen molar-refractivity contribution in [1.29, 1.82) is 0 Å². The van der Waals surface area contributed by atoms with Gasteiger partial charge in [0.05, 0.1) is 18.9 Å². The Kier molecular flexibility index (Phi) is 4.15. The number of benzene rings is 1. The fourth-order valence-corrected chi connectivity index (χ4v) is 1.54. The molecule has 0 fully saturated rings. The first kappa shape index (κ1) is 12.4. The standard InChI is InChI=1S/C14H15NO3/c1-2-17-12-4-3-5-13(9-12)18-14-6-7-15-11(8-14)10-16/h3-9,16H,2,10H2,1H3. The minimum atomic E-state index is -0.101. The summed E-state index contributed by atoms with van der Waals surface area (Å²) in [6.45, 7) is 2.45. The molecule has 0 spiro atoms. The fraction of sp³-hybridized carbons (Fsp3) is 0.214. The number of aromatic nitrogens is 1. The fourth-order valence-electron chi connectivity index (χ4n) is 1.54. The third kappa shape index (κ3) is 3.21. The lowest BCUT2D eigenvalue weighted by Crippen LogP contribution is -1.93. The van der Waals surface area contributed by atoms with Crippen LogP contribution in [0.2, 0.25) is 0 Å². The molecule has 2 aromatic rings. The van der Waals surface area contributed by atoms with Crippen LogP contribution in [0.25, 0.3) is 0 Å². The highest BCUT2D eigenvalue weighted by atomic mass is 16.5. The van der Waals surface area contributed by atoms with Crippen LogP contribution in [0.15, 0.2) is 42.6 Å². The van der Waals surface area contributed by atoms with Crippen molar-refractivity contribution in [3.63, 3.8) is 0 Å². The van der Waals surface area contributed by atoms with E-state index in [-0.39, 0.29) is 6.61 Å². The highest BCUT2D eigenvalue weighted by Crippen LogP contribution is 2.25. The Hall–Kier alpha value is -2.07. The second-order valence-corrected chi connectivity index (χ2v) is 3.65. The molecule has 0 aliphatic rings. The van der Waals surface area contributed by atoms with Crippen molar-refractivity contribution in [2.45, 2.75) is 13.5 Å². The third-order valence-corrected chi connectivity index (χ3v) is 2.30. The minimum absolute atomic E-state index is 0.101. The Morgan fingerprint density at radius 2 is 1.89 bits per heavy atom. The van der Waals surface area contributed by atoms with Crippen LogP contribution >= 0.6 is 0 Å². The first-order valence-electron chi connectivity index (χ1n) is 5.78. The van der Waals surface area contributed by atoms with Gasteiger partial charge < -0.3 is 14.6 Å². The van der Waals surface area contributed by atoms with Gasteiger partial charge in [-0.1, -0.05) is 6.07 Å². The number of hydrogen-bond donors (Lipinski definition) is 1. The highest BCUT2D eigenvalue weighted by molar-refractivity contribution is 5.36. The first-order chi connectivity index (χ1) is 8.81. The maximum atomic E-state index is 9.00. The van der Waals surface area contributed by atoms with E-state index in [1.165, 1.54) is 0 Å². The Bertz CT molecular complexity index is 514. The molecular formula is C14H15NO3. The summed E-state index contributed by atoms with van der Waals surface area (Å²) in [4.78, 5) is 3.99. The average molecular weight is 245 g/mol. The van der Waals surface area contributed by atoms with Crippen LogP contribution < -0.4 is 9.47 Å². The number of nitrogens with zero attached hydrogens (tertiary/aromatic N) is 1. The molecule has 0 aliphatic carbocycles. The van der Waals surface area contributed by atoms with Crippen LogP contribution in [0, 0.1) is 0 Å². The summed E-state index contributed by atoms with van der Waals surface area (Å²) in [6.07, 6.45) is 1.60. The molecule has 4 nitrogen and oxygen atoms in total. The molecule has 1 heterocycles. The molecule has 1 N–H and O–H groups in total. The second-order valence-electron chi connectivity index (χ2n) is 3.65. The molecule has 0 aliphatic heterocycles. The summed E-state index contributed by atoms with van der Waals surface area (Å²) in [5.74, 6) is 2.10. The lowest BCUT2D eigenvalue weighted by atomic mass is 10.3. The number of ether oxygens (including phenoxy) is 2. The number of aliphatic hydroxyl groups excluding tert-OH is 1. The van der Waals surface area contributed by atoms with Gasteiger partial charge >= 0.3 is 0 Å². The van der Waals surface area contributed by atoms with Crippen molar-refractivity contribution < 1.29 is 14.6 Å². The van der Waals surface area contributed by atoms with Crippen LogP contribution in [-0.2, 0) is 6.61 Å². The smallest absolute Gasteiger partial charge is 0.131 e. The zero-order valence-electron chi connectivity index (χ0n) is 10.2. The zero-order chi connectivity index (χ0) is 12.8. The molecule has 0 atom stereocenters. The Morgan fingerprint density at radius 3 is 2.67 bits per heavy atom. The molecule has 0 unspecified atom stereocenters. The molecule has 18 heavy (non-hydrogen) atoms. The maximum Gasteiger partial charge on any atom is 0.131 e. The third-order valence-electron chi connectivity index (χ3n) is 2.30. The summed E-state index contributed by atoms with van der Waals surface area (Å²) >= 11 is 0. The van der Waals surface area contributed by atoms with Crippen molar-refractivity contribution in [3.8, 4) is 17.2 Å². The van der Waals surface area contributed by atoms with Crippen molar-refractivity contribution in [1.82, 2.24) is 4.98 Å². The highest BCUT2D eigenvalue weighted by Gasteiger charge is 2.01. The molecule has 94 valence electrons. The molecule has 0 radical (unpaired) electrons. The quantitative estimate of drug-likeness (QED) is 0.880. The summed E-state index contributed by atoms with van der Waals surface area (Å²) in [6, 6.07) is 10.9. The van der Waals surface area contributed by atoms with Gasteiger partial charge in [-0.15, -0.1) is 0 Å². The van der Waals surface area contributed by atoms with Crippen LogP contribution in [0.5, 0.6) is 17.2 Å². The average Bonchev–Trinajstić information content (AvgIpc) is 2.40. The van der Waals surface area contributed by atoms with E-state index in [0.29, 0.717) is 23.8 Å². The van der Waals surface area contributed by atoms with E-state index in [4.69, 9.17) is 14.6 Å². The largest absolute Gasteiger partial charge is 0.494 e. The Balaban J connectivity index is 2.14. The van der Waals surface area contributed by atoms with Crippen molar-refractivity contribution in [3.05, 3.63) is 48.3 Å². The van der Waals surface area contributed by atoms with E-state index >= 15 is 0 Å². The normalized spacial score (nSPS) is 10.1. The van der Waals surface area contributed by atoms with Crippen LogP contribution in [-0.4, -0.2) is 16.7 Å². The monoisotopic (exact) mass is 245 g/mol. The predicted molar refractivity (Wildman–Crippen MR) is 67.8 cm³/mol. The Morgan fingerprint density at radius 1 is 1.11 bits per heavy atom. The van der Waals surface area contributed by atoms with Crippen LogP contribution in [0.4, 0.5) is 0 Å². The Labute approximate surface area is 106 Å². The summed E-state index contributed by atoms with van der Waals surface area (Å²) < 4.78 is 11.1. The summed E-state index contributed by atoms with van der Waals surface area (Å²) in [5, 5.41) is 9.00. The number of aliphatic hydroxyl groups is 1. The van der Waals surface area contributed by atoms with E-state index in [2.05, 4.69) is 4.98 Å². The van der Waals surface area contributed by atoms with Gasteiger partial charge in [-0.3, -0.25) is 4.98 Å². The van der Waals surface area contributed by atoms with Crippen LogP contribution in [0.3, 0.4) is 0 Å². The van der Waals surface area contributed by atoms with Crippen molar-refractivity contribution >= 4 is 0 Å². The molecular weight excluding hydrogens is 230 g/mol. The second kappa shape index (κ2) is 6.02. The first-order valence-corrected chi connectivity index (χ1v) is 5.78. The summed E-state index contributed by atoms with van der Waals surface area (Å²) in [5.41, 5.74) is 0.577.